The standard InChI is InChI=1S/C27H24F3N3O4S2/c1-17(2)20-7-13-23(14-8-20)37-16-19-5-3-18(4-6-19)15-24-25(34)32-26(38-24)31-21-9-11-22(12-10-21)33-39(35,36)27(28,29)30/h3-15,17,33H,16H2,1-2H3,(H,31,32,34)/b24-15+. The first-order valence-corrected chi connectivity index (χ1v) is 14.0. The summed E-state index contributed by atoms with van der Waals surface area (Å²) >= 11 is 1.11. The molecule has 1 amide bonds. The molecule has 204 valence electrons. The summed E-state index contributed by atoms with van der Waals surface area (Å²) in [4.78, 5) is 17.1. The minimum absolute atomic E-state index is 0.266. The van der Waals surface area contributed by atoms with Crippen LogP contribution in [0, 0.1) is 0 Å². The van der Waals surface area contributed by atoms with E-state index < -0.39 is 15.5 Å². The fraction of sp³-hybridized carbons (Fsp3) is 0.185. The van der Waals surface area contributed by atoms with Gasteiger partial charge in [0.2, 0.25) is 0 Å². The van der Waals surface area contributed by atoms with Gasteiger partial charge < -0.3 is 10.1 Å². The molecule has 1 aliphatic rings. The zero-order valence-corrected chi connectivity index (χ0v) is 22.5. The molecule has 0 bridgehead atoms. The number of aliphatic imine (C=N–C) groups is 1. The van der Waals surface area contributed by atoms with Crippen molar-refractivity contribution in [3.63, 3.8) is 0 Å². The number of hydrogen-bond donors (Lipinski definition) is 2. The Morgan fingerprint density at radius 1 is 1.00 bits per heavy atom. The minimum atomic E-state index is -5.51. The maximum atomic E-state index is 12.5. The molecule has 1 aliphatic heterocycles. The van der Waals surface area contributed by atoms with E-state index in [1.54, 1.807) is 6.08 Å². The second-order valence-corrected chi connectivity index (χ2v) is 11.5. The van der Waals surface area contributed by atoms with Crippen LogP contribution in [-0.2, 0) is 21.4 Å². The Hall–Kier alpha value is -3.77. The number of rotatable bonds is 8. The monoisotopic (exact) mass is 575 g/mol. The van der Waals surface area contributed by atoms with Crippen LogP contribution in [-0.4, -0.2) is 25.0 Å². The van der Waals surface area contributed by atoms with Gasteiger partial charge in [0.05, 0.1) is 10.6 Å². The molecule has 7 nitrogen and oxygen atoms in total. The van der Waals surface area contributed by atoms with E-state index in [4.69, 9.17) is 4.74 Å². The Morgan fingerprint density at radius 3 is 2.23 bits per heavy atom. The molecule has 12 heteroatoms. The predicted octanol–water partition coefficient (Wildman–Crippen LogP) is 6.54. The molecule has 0 saturated carbocycles. The van der Waals surface area contributed by atoms with Crippen LogP contribution in [0.4, 0.5) is 24.5 Å². The second kappa shape index (κ2) is 11.5. The number of carbonyl (C=O) groups excluding carboxylic acids is 1. The molecule has 1 heterocycles. The molecular weight excluding hydrogens is 551 g/mol. The zero-order chi connectivity index (χ0) is 28.2. The summed E-state index contributed by atoms with van der Waals surface area (Å²) < 4.78 is 67.3. The van der Waals surface area contributed by atoms with Crippen LogP contribution < -0.4 is 14.8 Å². The third-order valence-corrected chi connectivity index (χ3v) is 7.56. The van der Waals surface area contributed by atoms with Gasteiger partial charge in [-0.2, -0.15) is 21.6 Å². The van der Waals surface area contributed by atoms with E-state index in [1.165, 1.54) is 22.4 Å². The van der Waals surface area contributed by atoms with Gasteiger partial charge in [0, 0.05) is 5.69 Å². The maximum absolute atomic E-state index is 12.5. The van der Waals surface area contributed by atoms with Crippen LogP contribution >= 0.6 is 11.8 Å². The molecule has 4 rings (SSSR count). The lowest BCUT2D eigenvalue weighted by atomic mass is 10.0. The van der Waals surface area contributed by atoms with Gasteiger partial charge in [0.15, 0.2) is 5.17 Å². The molecule has 3 aromatic rings. The number of halogens is 3. The summed E-state index contributed by atoms with van der Waals surface area (Å²) in [6, 6.07) is 20.5. The molecular formula is C27H24F3N3O4S2. The van der Waals surface area contributed by atoms with Crippen molar-refractivity contribution in [2.24, 2.45) is 4.99 Å². The SMILES string of the molecule is CC(C)c1ccc(OCc2ccc(/C=C3/SC(=Nc4ccc(NS(=O)(=O)C(F)(F)F)cc4)NC3=O)cc2)cc1. The summed E-state index contributed by atoms with van der Waals surface area (Å²) in [5, 5.41) is 2.91. The summed E-state index contributed by atoms with van der Waals surface area (Å²) in [7, 11) is -5.51. The summed E-state index contributed by atoms with van der Waals surface area (Å²) in [6.45, 7) is 4.67. The third kappa shape index (κ3) is 7.42. The number of hydrogen-bond acceptors (Lipinski definition) is 6. The number of nitrogens with one attached hydrogen (secondary N) is 2. The zero-order valence-electron chi connectivity index (χ0n) is 20.8. The number of amides is 1. The number of ether oxygens (including phenoxy) is 1. The highest BCUT2D eigenvalue weighted by atomic mass is 32.2. The van der Waals surface area contributed by atoms with E-state index in [0.29, 0.717) is 23.1 Å². The van der Waals surface area contributed by atoms with Crippen molar-refractivity contribution in [3.05, 3.63) is 94.4 Å². The highest BCUT2D eigenvalue weighted by molar-refractivity contribution is 8.18. The van der Waals surface area contributed by atoms with Gasteiger partial charge in [-0.05, 0) is 76.8 Å². The van der Waals surface area contributed by atoms with Crippen molar-refractivity contribution in [3.8, 4) is 5.75 Å². The number of amidine groups is 1. The van der Waals surface area contributed by atoms with E-state index in [1.807, 2.05) is 36.4 Å². The largest absolute Gasteiger partial charge is 0.516 e. The highest BCUT2D eigenvalue weighted by Crippen LogP contribution is 2.30. The molecule has 1 fully saturated rings. The molecule has 1 saturated heterocycles. The molecule has 0 aromatic heterocycles. The lowest BCUT2D eigenvalue weighted by Crippen LogP contribution is -2.29. The predicted molar refractivity (Wildman–Crippen MR) is 147 cm³/mol. The van der Waals surface area contributed by atoms with Crippen LogP contribution in [0.3, 0.4) is 0 Å². The lowest BCUT2D eigenvalue weighted by molar-refractivity contribution is -0.115. The van der Waals surface area contributed by atoms with Crippen molar-refractivity contribution in [2.45, 2.75) is 31.9 Å². The van der Waals surface area contributed by atoms with E-state index in [0.717, 1.165) is 40.8 Å². The topological polar surface area (TPSA) is 96.9 Å². The molecule has 3 aromatic carbocycles. The Kier molecular flexibility index (Phi) is 8.36. The van der Waals surface area contributed by atoms with Crippen molar-refractivity contribution < 1.29 is 31.1 Å². The maximum Gasteiger partial charge on any atom is 0.516 e. The van der Waals surface area contributed by atoms with Crippen molar-refractivity contribution >= 4 is 50.3 Å². The number of thioether (sulfide) groups is 1. The quantitative estimate of drug-likeness (QED) is 0.297. The van der Waals surface area contributed by atoms with Crippen molar-refractivity contribution in [1.29, 1.82) is 0 Å². The Balaban J connectivity index is 1.35. The highest BCUT2D eigenvalue weighted by Gasteiger charge is 2.46. The summed E-state index contributed by atoms with van der Waals surface area (Å²) in [6.07, 6.45) is 1.72. The fourth-order valence-electron chi connectivity index (χ4n) is 3.39. The summed E-state index contributed by atoms with van der Waals surface area (Å²) in [5.74, 6) is 0.897. The molecule has 2 N–H and O–H groups in total. The van der Waals surface area contributed by atoms with Gasteiger partial charge in [-0.1, -0.05) is 50.2 Å². The normalized spacial score (nSPS) is 16.1. The van der Waals surface area contributed by atoms with Crippen LogP contribution in [0.1, 0.15) is 36.5 Å². The number of carbonyl (C=O) groups is 1. The molecule has 0 aliphatic carbocycles. The minimum Gasteiger partial charge on any atom is -0.489 e. The van der Waals surface area contributed by atoms with Gasteiger partial charge in [-0.3, -0.25) is 9.52 Å². The first kappa shape index (κ1) is 28.2. The van der Waals surface area contributed by atoms with E-state index >= 15 is 0 Å². The van der Waals surface area contributed by atoms with E-state index in [2.05, 4.69) is 36.3 Å². The first-order chi connectivity index (χ1) is 18.4. The van der Waals surface area contributed by atoms with Gasteiger partial charge in [-0.25, -0.2) is 4.99 Å². The Morgan fingerprint density at radius 2 is 1.64 bits per heavy atom. The van der Waals surface area contributed by atoms with Gasteiger partial charge in [0.1, 0.15) is 12.4 Å². The van der Waals surface area contributed by atoms with Crippen molar-refractivity contribution in [1.82, 2.24) is 5.32 Å². The van der Waals surface area contributed by atoms with Crippen LogP contribution in [0.25, 0.3) is 6.08 Å². The average Bonchev–Trinajstić information content (AvgIpc) is 3.22. The van der Waals surface area contributed by atoms with Gasteiger partial charge >= 0.3 is 15.5 Å². The van der Waals surface area contributed by atoms with Crippen molar-refractivity contribution in [2.75, 3.05) is 4.72 Å². The van der Waals surface area contributed by atoms with E-state index in [9.17, 15) is 26.4 Å². The summed E-state index contributed by atoms with van der Waals surface area (Å²) in [5.41, 5.74) is -2.35. The molecule has 0 atom stereocenters. The van der Waals surface area contributed by atoms with Gasteiger partial charge in [0.25, 0.3) is 5.91 Å². The number of anilines is 1. The molecule has 39 heavy (non-hydrogen) atoms. The fourth-order valence-corrected chi connectivity index (χ4v) is 4.80. The third-order valence-electron chi connectivity index (χ3n) is 5.54. The van der Waals surface area contributed by atoms with E-state index in [-0.39, 0.29) is 16.8 Å². The number of alkyl halides is 3. The lowest BCUT2D eigenvalue weighted by Gasteiger charge is -2.10. The van der Waals surface area contributed by atoms with Crippen LogP contribution in [0.15, 0.2) is 82.7 Å². The number of nitrogens with zero attached hydrogens (tertiary/aromatic N) is 1. The smallest absolute Gasteiger partial charge is 0.489 e. The average molecular weight is 576 g/mol. The van der Waals surface area contributed by atoms with Crippen LogP contribution in [0.5, 0.6) is 5.75 Å². The van der Waals surface area contributed by atoms with Gasteiger partial charge in [-0.15, -0.1) is 0 Å². The molecule has 0 radical (unpaired) electrons. The van der Waals surface area contributed by atoms with Crippen LogP contribution in [0.2, 0.25) is 0 Å². The Bertz CT molecular complexity index is 1500. The number of benzene rings is 3. The molecule has 0 unspecified atom stereocenters. The second-order valence-electron chi connectivity index (χ2n) is 8.83. The number of sulfonamides is 1. The first-order valence-electron chi connectivity index (χ1n) is 11.7. The Labute approximate surface area is 228 Å². The molecule has 0 spiro atoms.